The first kappa shape index (κ1) is 11.5. The number of nitrogens with one attached hydrogen (secondary N) is 1. The third kappa shape index (κ3) is 1.94. The molecule has 1 N–H and O–H groups in total. The maximum Gasteiger partial charge on any atom is 0.109 e. The molecule has 0 aliphatic heterocycles. The molecule has 86 valence electrons. The molecule has 1 aromatic carbocycles. The lowest BCUT2D eigenvalue weighted by atomic mass is 10.0. The van der Waals surface area contributed by atoms with Crippen LogP contribution < -0.4 is 0 Å². The summed E-state index contributed by atoms with van der Waals surface area (Å²) in [5, 5.41) is 0.810. The first-order valence-electron chi connectivity index (χ1n) is 5.68. The van der Waals surface area contributed by atoms with Crippen molar-refractivity contribution in [1.29, 1.82) is 0 Å². The molecule has 0 spiro atoms. The molecule has 0 atom stereocenters. The molecule has 0 aliphatic carbocycles. The number of H-pyrrole nitrogens is 1. The molecule has 2 nitrogen and oxygen atoms in total. The summed E-state index contributed by atoms with van der Waals surface area (Å²) in [7, 11) is 0. The minimum Gasteiger partial charge on any atom is -0.342 e. The lowest BCUT2D eigenvalue weighted by molar-refractivity contribution is 0.799. The fraction of sp³-hybridized carbons (Fsp3) is 0.462. The smallest absolute Gasteiger partial charge is 0.109 e. The van der Waals surface area contributed by atoms with Crippen molar-refractivity contribution in [3.05, 3.63) is 28.5 Å². The molecule has 0 amide bonds. The Hall–Kier alpha value is -1.02. The quantitative estimate of drug-likeness (QED) is 0.819. The van der Waals surface area contributed by atoms with E-state index in [0.717, 1.165) is 21.9 Å². The van der Waals surface area contributed by atoms with Gasteiger partial charge in [-0.15, -0.1) is 0 Å². The second-order valence-corrected chi connectivity index (χ2v) is 5.23. The normalized spacial score (nSPS) is 11.9. The van der Waals surface area contributed by atoms with E-state index in [-0.39, 0.29) is 0 Å². The summed E-state index contributed by atoms with van der Waals surface area (Å²) in [6, 6.07) is 4.07. The molecule has 0 saturated heterocycles. The highest BCUT2D eigenvalue weighted by molar-refractivity contribution is 6.32. The molecule has 2 aromatic rings. The van der Waals surface area contributed by atoms with E-state index < -0.39 is 0 Å². The molecule has 0 bridgehead atoms. The van der Waals surface area contributed by atoms with Crippen LogP contribution >= 0.6 is 11.6 Å². The summed E-state index contributed by atoms with van der Waals surface area (Å²) in [6.45, 7) is 8.55. The Kier molecular flexibility index (Phi) is 2.94. The number of hydrogen-bond acceptors (Lipinski definition) is 1. The van der Waals surface area contributed by atoms with Crippen molar-refractivity contribution < 1.29 is 0 Å². The van der Waals surface area contributed by atoms with Gasteiger partial charge < -0.3 is 4.98 Å². The number of imidazole rings is 1. The fourth-order valence-corrected chi connectivity index (χ4v) is 2.16. The average molecular weight is 237 g/mol. The van der Waals surface area contributed by atoms with Gasteiger partial charge in [-0.3, -0.25) is 0 Å². The van der Waals surface area contributed by atoms with Gasteiger partial charge in [0.1, 0.15) is 5.82 Å². The van der Waals surface area contributed by atoms with Crippen molar-refractivity contribution in [3.63, 3.8) is 0 Å². The number of fused-ring (bicyclic) bond motifs is 1. The Morgan fingerprint density at radius 2 is 1.81 bits per heavy atom. The molecular weight excluding hydrogens is 220 g/mol. The Morgan fingerprint density at radius 1 is 1.12 bits per heavy atom. The summed E-state index contributed by atoms with van der Waals surface area (Å²) in [5.41, 5.74) is 3.21. The van der Waals surface area contributed by atoms with Crippen LogP contribution in [0.15, 0.2) is 12.1 Å². The SMILES string of the molecule is CC(C)c1nc2cc(Cl)c(C(C)C)cc2[nH]1. The highest BCUT2D eigenvalue weighted by atomic mass is 35.5. The molecule has 2 rings (SSSR count). The predicted octanol–water partition coefficient (Wildman–Crippen LogP) is 4.46. The van der Waals surface area contributed by atoms with E-state index >= 15 is 0 Å². The van der Waals surface area contributed by atoms with Gasteiger partial charge in [-0.25, -0.2) is 4.98 Å². The van der Waals surface area contributed by atoms with E-state index in [9.17, 15) is 0 Å². The first-order valence-corrected chi connectivity index (χ1v) is 6.06. The Labute approximate surface area is 101 Å². The summed E-state index contributed by atoms with van der Waals surface area (Å²) in [6.07, 6.45) is 0. The molecule has 16 heavy (non-hydrogen) atoms. The zero-order chi connectivity index (χ0) is 11.9. The van der Waals surface area contributed by atoms with Crippen molar-refractivity contribution in [2.75, 3.05) is 0 Å². The van der Waals surface area contributed by atoms with Crippen LogP contribution in [-0.2, 0) is 0 Å². The maximum absolute atomic E-state index is 6.23. The van der Waals surface area contributed by atoms with Gasteiger partial charge in [-0.1, -0.05) is 39.3 Å². The number of aromatic nitrogens is 2. The van der Waals surface area contributed by atoms with Crippen LogP contribution in [0.4, 0.5) is 0 Å². The molecule has 1 aromatic heterocycles. The largest absolute Gasteiger partial charge is 0.342 e. The van der Waals surface area contributed by atoms with Gasteiger partial charge in [-0.05, 0) is 23.6 Å². The van der Waals surface area contributed by atoms with Crippen molar-refractivity contribution in [2.45, 2.75) is 39.5 Å². The van der Waals surface area contributed by atoms with E-state index in [1.54, 1.807) is 0 Å². The van der Waals surface area contributed by atoms with Crippen molar-refractivity contribution in [1.82, 2.24) is 9.97 Å². The molecule has 0 fully saturated rings. The van der Waals surface area contributed by atoms with Crippen LogP contribution in [0.5, 0.6) is 0 Å². The van der Waals surface area contributed by atoms with E-state index in [1.165, 1.54) is 5.56 Å². The standard InChI is InChI=1S/C13H17ClN2/c1-7(2)9-5-11-12(6-10(9)14)16-13(15-11)8(3)4/h5-8H,1-4H3,(H,15,16). The Balaban J connectivity index is 2.61. The molecule has 1 heterocycles. The summed E-state index contributed by atoms with van der Waals surface area (Å²) >= 11 is 6.23. The molecule has 0 saturated carbocycles. The van der Waals surface area contributed by atoms with Crippen molar-refractivity contribution >= 4 is 22.6 Å². The van der Waals surface area contributed by atoms with Crippen molar-refractivity contribution in [2.24, 2.45) is 0 Å². The topological polar surface area (TPSA) is 28.7 Å². The van der Waals surface area contributed by atoms with E-state index in [2.05, 4.69) is 43.7 Å². The summed E-state index contributed by atoms with van der Waals surface area (Å²) in [5.74, 6) is 1.86. The molecule has 0 radical (unpaired) electrons. The van der Waals surface area contributed by atoms with Crippen LogP contribution in [0.1, 0.15) is 50.9 Å². The number of aromatic amines is 1. The van der Waals surface area contributed by atoms with Gasteiger partial charge in [-0.2, -0.15) is 0 Å². The number of halogens is 1. The maximum atomic E-state index is 6.23. The number of benzene rings is 1. The monoisotopic (exact) mass is 236 g/mol. The highest BCUT2D eigenvalue weighted by Gasteiger charge is 2.11. The molecule has 3 heteroatoms. The Bertz CT molecular complexity index is 512. The average Bonchev–Trinajstić information content (AvgIpc) is 2.58. The third-order valence-corrected chi connectivity index (χ3v) is 3.11. The van der Waals surface area contributed by atoms with Gasteiger partial charge >= 0.3 is 0 Å². The third-order valence-electron chi connectivity index (χ3n) is 2.79. The van der Waals surface area contributed by atoms with Crippen LogP contribution in [0.3, 0.4) is 0 Å². The van der Waals surface area contributed by atoms with Gasteiger partial charge in [0.05, 0.1) is 11.0 Å². The zero-order valence-electron chi connectivity index (χ0n) is 10.1. The fourth-order valence-electron chi connectivity index (χ4n) is 1.78. The lowest BCUT2D eigenvalue weighted by Crippen LogP contribution is -1.89. The first-order chi connectivity index (χ1) is 7.49. The lowest BCUT2D eigenvalue weighted by Gasteiger charge is -2.07. The van der Waals surface area contributed by atoms with Crippen LogP contribution in [-0.4, -0.2) is 9.97 Å². The number of nitrogens with zero attached hydrogens (tertiary/aromatic N) is 1. The van der Waals surface area contributed by atoms with Crippen LogP contribution in [0, 0.1) is 0 Å². The highest BCUT2D eigenvalue weighted by Crippen LogP contribution is 2.29. The zero-order valence-corrected chi connectivity index (χ0v) is 10.9. The number of rotatable bonds is 2. The Morgan fingerprint density at radius 3 is 2.38 bits per heavy atom. The van der Waals surface area contributed by atoms with E-state index in [4.69, 9.17) is 11.6 Å². The van der Waals surface area contributed by atoms with E-state index in [1.807, 2.05) is 6.07 Å². The van der Waals surface area contributed by atoms with Crippen molar-refractivity contribution in [3.8, 4) is 0 Å². The van der Waals surface area contributed by atoms with Gasteiger partial charge in [0.15, 0.2) is 0 Å². The predicted molar refractivity (Wildman–Crippen MR) is 69.3 cm³/mol. The van der Waals surface area contributed by atoms with Gasteiger partial charge in [0.2, 0.25) is 0 Å². The summed E-state index contributed by atoms with van der Waals surface area (Å²) in [4.78, 5) is 7.88. The second-order valence-electron chi connectivity index (χ2n) is 4.82. The second kappa shape index (κ2) is 4.10. The summed E-state index contributed by atoms with van der Waals surface area (Å²) < 4.78 is 0. The molecule has 0 unspecified atom stereocenters. The van der Waals surface area contributed by atoms with Crippen LogP contribution in [0.2, 0.25) is 5.02 Å². The minimum atomic E-state index is 0.411. The molecule has 0 aliphatic rings. The van der Waals surface area contributed by atoms with Gasteiger partial charge in [0.25, 0.3) is 0 Å². The van der Waals surface area contributed by atoms with Crippen LogP contribution in [0.25, 0.3) is 11.0 Å². The number of hydrogen-bond donors (Lipinski definition) is 1. The minimum absolute atomic E-state index is 0.411. The van der Waals surface area contributed by atoms with E-state index in [0.29, 0.717) is 11.8 Å². The molecular formula is C13H17ClN2. The van der Waals surface area contributed by atoms with Gasteiger partial charge in [0, 0.05) is 10.9 Å².